The SMILES string of the molecule is CCCCN(C(=O)C(F)(F)C(F)(F)F)C1CCS(=O)(=O)C1. The number of unbranched alkanes of at least 4 members (excludes halogenated alkanes) is 1. The summed E-state index contributed by atoms with van der Waals surface area (Å²) in [7, 11) is -3.50. The van der Waals surface area contributed by atoms with Gasteiger partial charge in [-0.15, -0.1) is 0 Å². The summed E-state index contributed by atoms with van der Waals surface area (Å²) in [6.07, 6.45) is -5.42. The number of carbonyl (C=O) groups is 1. The van der Waals surface area contributed by atoms with E-state index in [1.807, 2.05) is 0 Å². The molecule has 1 unspecified atom stereocenters. The molecule has 1 atom stereocenters. The van der Waals surface area contributed by atoms with Crippen molar-refractivity contribution in [3.05, 3.63) is 0 Å². The van der Waals surface area contributed by atoms with Gasteiger partial charge in [0.15, 0.2) is 9.84 Å². The summed E-state index contributed by atoms with van der Waals surface area (Å²) in [6, 6.07) is -1.12. The highest BCUT2D eigenvalue weighted by Crippen LogP contribution is 2.38. The molecule has 1 saturated heterocycles. The Hall–Kier alpha value is -0.930. The van der Waals surface area contributed by atoms with Gasteiger partial charge in [-0.3, -0.25) is 4.79 Å². The molecule has 0 spiro atoms. The van der Waals surface area contributed by atoms with Crippen LogP contribution < -0.4 is 0 Å². The van der Waals surface area contributed by atoms with Gasteiger partial charge in [0.2, 0.25) is 0 Å². The second-order valence-electron chi connectivity index (χ2n) is 4.98. The molecule has 0 saturated carbocycles. The van der Waals surface area contributed by atoms with Crippen LogP contribution >= 0.6 is 0 Å². The van der Waals surface area contributed by atoms with Crippen molar-refractivity contribution in [1.29, 1.82) is 0 Å². The van der Waals surface area contributed by atoms with Crippen molar-refractivity contribution < 1.29 is 35.2 Å². The second-order valence-corrected chi connectivity index (χ2v) is 7.21. The monoisotopic (exact) mass is 337 g/mol. The number of hydrogen-bond acceptors (Lipinski definition) is 3. The van der Waals surface area contributed by atoms with E-state index in [0.717, 1.165) is 0 Å². The maximum atomic E-state index is 13.2. The normalized spacial score (nSPS) is 22.3. The molecule has 1 aliphatic heterocycles. The van der Waals surface area contributed by atoms with Gasteiger partial charge >= 0.3 is 18.0 Å². The van der Waals surface area contributed by atoms with Gasteiger partial charge in [-0.2, -0.15) is 22.0 Å². The lowest BCUT2D eigenvalue weighted by molar-refractivity contribution is -0.275. The van der Waals surface area contributed by atoms with E-state index in [4.69, 9.17) is 0 Å². The molecular weight excluding hydrogens is 321 g/mol. The number of halogens is 5. The van der Waals surface area contributed by atoms with Crippen LogP contribution in [-0.4, -0.2) is 55.4 Å². The first-order valence-electron chi connectivity index (χ1n) is 6.38. The van der Waals surface area contributed by atoms with Crippen LogP contribution in [-0.2, 0) is 14.6 Å². The predicted octanol–water partition coefficient (Wildman–Crippen LogP) is 2.00. The van der Waals surface area contributed by atoms with Crippen molar-refractivity contribution in [2.75, 3.05) is 18.1 Å². The van der Waals surface area contributed by atoms with Crippen LogP contribution in [0.4, 0.5) is 22.0 Å². The van der Waals surface area contributed by atoms with Gasteiger partial charge in [0.25, 0.3) is 0 Å². The third kappa shape index (κ3) is 4.04. The zero-order chi connectivity index (χ0) is 16.5. The minimum Gasteiger partial charge on any atom is -0.333 e. The van der Waals surface area contributed by atoms with E-state index in [0.29, 0.717) is 11.3 Å². The molecule has 1 fully saturated rings. The van der Waals surface area contributed by atoms with Crippen LogP contribution in [0.1, 0.15) is 26.2 Å². The number of carbonyl (C=O) groups excluding carboxylic acids is 1. The van der Waals surface area contributed by atoms with Crippen LogP contribution in [0.5, 0.6) is 0 Å². The molecule has 1 heterocycles. The van der Waals surface area contributed by atoms with Gasteiger partial charge < -0.3 is 4.90 Å². The van der Waals surface area contributed by atoms with Gasteiger partial charge in [-0.05, 0) is 12.8 Å². The number of sulfone groups is 1. The number of rotatable bonds is 5. The number of alkyl halides is 5. The van der Waals surface area contributed by atoms with Gasteiger partial charge in [0.1, 0.15) is 0 Å². The number of amides is 1. The predicted molar refractivity (Wildman–Crippen MR) is 64.7 cm³/mol. The molecule has 4 nitrogen and oxygen atoms in total. The summed E-state index contributed by atoms with van der Waals surface area (Å²) in [6.45, 7) is 1.36. The van der Waals surface area contributed by atoms with Gasteiger partial charge in [-0.25, -0.2) is 8.42 Å². The van der Waals surface area contributed by atoms with E-state index in [-0.39, 0.29) is 25.1 Å². The van der Waals surface area contributed by atoms with Crippen molar-refractivity contribution in [2.24, 2.45) is 0 Å². The smallest absolute Gasteiger partial charge is 0.333 e. The lowest BCUT2D eigenvalue weighted by Crippen LogP contribution is -2.55. The van der Waals surface area contributed by atoms with Crippen LogP contribution in [0.2, 0.25) is 0 Å². The highest BCUT2D eigenvalue weighted by atomic mass is 32.2. The Balaban J connectivity index is 3.00. The lowest BCUT2D eigenvalue weighted by Gasteiger charge is -2.32. The highest BCUT2D eigenvalue weighted by molar-refractivity contribution is 7.91. The minimum atomic E-state index is -5.99. The van der Waals surface area contributed by atoms with E-state index in [2.05, 4.69) is 0 Å². The van der Waals surface area contributed by atoms with E-state index >= 15 is 0 Å². The number of hydrogen-bond donors (Lipinski definition) is 0. The molecule has 0 aromatic carbocycles. The maximum absolute atomic E-state index is 13.2. The molecule has 1 rings (SSSR count). The first-order chi connectivity index (χ1) is 9.42. The fourth-order valence-electron chi connectivity index (χ4n) is 2.10. The third-order valence-corrected chi connectivity index (χ3v) is 5.04. The zero-order valence-electron chi connectivity index (χ0n) is 11.3. The van der Waals surface area contributed by atoms with Gasteiger partial charge in [0.05, 0.1) is 11.5 Å². The van der Waals surface area contributed by atoms with Crippen LogP contribution in [0.3, 0.4) is 0 Å². The van der Waals surface area contributed by atoms with Crippen molar-refractivity contribution in [1.82, 2.24) is 4.90 Å². The summed E-state index contributed by atoms with van der Waals surface area (Å²) in [5.41, 5.74) is 0. The molecule has 10 heteroatoms. The van der Waals surface area contributed by atoms with Crippen molar-refractivity contribution >= 4 is 15.7 Å². The molecule has 0 aliphatic carbocycles. The molecule has 0 radical (unpaired) electrons. The summed E-state index contributed by atoms with van der Waals surface area (Å²) < 4.78 is 85.9. The van der Waals surface area contributed by atoms with Crippen LogP contribution in [0.25, 0.3) is 0 Å². The largest absolute Gasteiger partial charge is 0.463 e. The molecule has 0 N–H and O–H groups in total. The Kier molecular flexibility index (Phi) is 5.22. The molecule has 0 bridgehead atoms. The average Bonchev–Trinajstić information content (AvgIpc) is 2.68. The first kappa shape index (κ1) is 18.1. The first-order valence-corrected chi connectivity index (χ1v) is 8.20. The molecule has 0 aromatic rings. The van der Waals surface area contributed by atoms with Crippen LogP contribution in [0, 0.1) is 0 Å². The number of nitrogens with zero attached hydrogens (tertiary/aromatic N) is 1. The fraction of sp³-hybridized carbons (Fsp3) is 0.909. The van der Waals surface area contributed by atoms with Crippen molar-refractivity contribution in [3.63, 3.8) is 0 Å². The third-order valence-electron chi connectivity index (χ3n) is 3.29. The Morgan fingerprint density at radius 2 is 1.81 bits per heavy atom. The highest BCUT2D eigenvalue weighted by Gasteiger charge is 2.65. The average molecular weight is 337 g/mol. The van der Waals surface area contributed by atoms with Gasteiger partial charge in [-0.1, -0.05) is 13.3 Å². The molecule has 21 heavy (non-hydrogen) atoms. The Morgan fingerprint density at radius 1 is 1.24 bits per heavy atom. The summed E-state index contributed by atoms with van der Waals surface area (Å²) in [5.74, 6) is -8.76. The standard InChI is InChI=1S/C11H16F5NO3S/c1-2-3-5-17(8-4-6-21(19,20)7-8)9(18)10(12,13)11(14,15)16/h8H,2-7H2,1H3. The Bertz CT molecular complexity index is 489. The molecule has 1 amide bonds. The van der Waals surface area contributed by atoms with E-state index in [1.54, 1.807) is 6.92 Å². The maximum Gasteiger partial charge on any atom is 0.463 e. The van der Waals surface area contributed by atoms with E-state index in [9.17, 15) is 35.2 Å². The molecule has 0 aromatic heterocycles. The Morgan fingerprint density at radius 3 is 2.19 bits per heavy atom. The minimum absolute atomic E-state index is 0.119. The molecule has 124 valence electrons. The Labute approximate surface area is 119 Å². The summed E-state index contributed by atoms with van der Waals surface area (Å²) in [5, 5.41) is 0. The van der Waals surface area contributed by atoms with Crippen molar-refractivity contribution in [3.8, 4) is 0 Å². The quantitative estimate of drug-likeness (QED) is 0.721. The summed E-state index contributed by atoms with van der Waals surface area (Å²) >= 11 is 0. The fourth-order valence-corrected chi connectivity index (χ4v) is 3.83. The topological polar surface area (TPSA) is 54.5 Å². The molecular formula is C11H16F5NO3S. The van der Waals surface area contributed by atoms with Crippen molar-refractivity contribution in [2.45, 2.75) is 44.3 Å². The van der Waals surface area contributed by atoms with E-state index < -0.39 is 39.6 Å². The van der Waals surface area contributed by atoms with Gasteiger partial charge in [0, 0.05) is 12.6 Å². The zero-order valence-corrected chi connectivity index (χ0v) is 12.1. The summed E-state index contributed by atoms with van der Waals surface area (Å²) in [4.78, 5) is 12.0. The second kappa shape index (κ2) is 6.05. The lowest BCUT2D eigenvalue weighted by atomic mass is 10.1. The van der Waals surface area contributed by atoms with Crippen LogP contribution in [0.15, 0.2) is 0 Å². The molecule has 1 aliphatic rings. The van der Waals surface area contributed by atoms with E-state index in [1.165, 1.54) is 0 Å².